The van der Waals surface area contributed by atoms with Gasteiger partial charge in [-0.25, -0.2) is 19.0 Å². The molecule has 5 rings (SSSR count). The van der Waals surface area contributed by atoms with Crippen LogP contribution in [0.4, 0.5) is 0 Å². The summed E-state index contributed by atoms with van der Waals surface area (Å²) in [5.74, 6) is 0.782. The third-order valence-electron chi connectivity index (χ3n) is 4.31. The van der Waals surface area contributed by atoms with E-state index in [9.17, 15) is 0 Å². The molecule has 0 aliphatic rings. The summed E-state index contributed by atoms with van der Waals surface area (Å²) < 4.78 is 8.63. The van der Waals surface area contributed by atoms with Crippen LogP contribution in [0.3, 0.4) is 0 Å². The van der Waals surface area contributed by atoms with Gasteiger partial charge in [-0.1, -0.05) is 23.7 Å². The Kier molecular flexibility index (Phi) is 9.48. The summed E-state index contributed by atoms with van der Waals surface area (Å²) in [6.45, 7) is 5.85. The topological polar surface area (TPSA) is 155 Å². The van der Waals surface area contributed by atoms with Crippen molar-refractivity contribution in [2.24, 2.45) is 0 Å². The molecule has 0 amide bonds. The minimum atomic E-state index is 0.250. The summed E-state index contributed by atoms with van der Waals surface area (Å²) in [5.41, 5.74) is 5.40. The maximum absolute atomic E-state index is 8.12. The zero-order valence-electron chi connectivity index (χ0n) is 18.3. The molecule has 0 aliphatic carbocycles. The molecule has 13 heteroatoms. The lowest BCUT2D eigenvalue weighted by Crippen LogP contribution is -1.95. The molecule has 0 radical (unpaired) electrons. The van der Waals surface area contributed by atoms with E-state index in [1.54, 1.807) is 21.3 Å². The van der Waals surface area contributed by atoms with Crippen molar-refractivity contribution in [1.29, 1.82) is 0 Å². The minimum Gasteiger partial charge on any atom is -0.361 e. The summed E-state index contributed by atoms with van der Waals surface area (Å²) in [5, 5.41) is 13.0. The maximum atomic E-state index is 8.12. The summed E-state index contributed by atoms with van der Waals surface area (Å²) in [7, 11) is 0. The first-order valence-electron chi connectivity index (χ1n) is 9.61. The third-order valence-corrected chi connectivity index (χ3v) is 4.51. The third kappa shape index (κ3) is 6.27. The number of imidazole rings is 2. The lowest BCUT2D eigenvalue weighted by molar-refractivity contribution is -0.193. The van der Waals surface area contributed by atoms with Gasteiger partial charge in [-0.15, -0.1) is 0 Å². The molecule has 0 unspecified atom stereocenters. The van der Waals surface area contributed by atoms with Gasteiger partial charge >= 0.3 is 12.3 Å². The van der Waals surface area contributed by atoms with Gasteiger partial charge in [0.15, 0.2) is 11.3 Å². The van der Waals surface area contributed by atoms with Crippen LogP contribution in [0.2, 0.25) is 5.15 Å². The number of halogens is 1. The van der Waals surface area contributed by atoms with Gasteiger partial charge in [0, 0.05) is 12.4 Å². The fourth-order valence-corrected chi connectivity index (χ4v) is 3.08. The molecule has 34 heavy (non-hydrogen) atoms. The van der Waals surface area contributed by atoms with E-state index >= 15 is 0 Å². The number of hydrogen-bond acceptors (Lipinski definition) is 10. The largest absolute Gasteiger partial charge is 0.373 e. The van der Waals surface area contributed by atoms with Crippen LogP contribution in [0.15, 0.2) is 47.4 Å². The van der Waals surface area contributed by atoms with Gasteiger partial charge in [0.1, 0.15) is 10.9 Å². The van der Waals surface area contributed by atoms with Crippen molar-refractivity contribution < 1.29 is 23.7 Å². The number of carbonyl (C=O) groups excluding carboxylic acids is 4. The first-order valence-corrected chi connectivity index (χ1v) is 9.99. The molecule has 12 nitrogen and oxygen atoms in total. The van der Waals surface area contributed by atoms with Crippen LogP contribution in [0.5, 0.6) is 0 Å². The van der Waals surface area contributed by atoms with Gasteiger partial charge in [-0.3, -0.25) is 0 Å². The van der Waals surface area contributed by atoms with Crippen molar-refractivity contribution in [1.82, 2.24) is 34.4 Å². The van der Waals surface area contributed by atoms with Gasteiger partial charge in [0.2, 0.25) is 0 Å². The van der Waals surface area contributed by atoms with Gasteiger partial charge in [-0.05, 0) is 44.5 Å². The first-order chi connectivity index (χ1) is 16.4. The van der Waals surface area contributed by atoms with E-state index in [1.807, 2.05) is 44.4 Å². The highest BCUT2D eigenvalue weighted by atomic mass is 35.5. The van der Waals surface area contributed by atoms with Crippen molar-refractivity contribution >= 4 is 35.2 Å². The summed E-state index contributed by atoms with van der Waals surface area (Å²) in [6.07, 6.45) is 6.77. The van der Waals surface area contributed by atoms with Crippen molar-refractivity contribution in [3.63, 3.8) is 0 Å². The summed E-state index contributed by atoms with van der Waals surface area (Å²) in [6, 6.07) is 7.45. The van der Waals surface area contributed by atoms with E-state index in [-0.39, 0.29) is 12.3 Å². The Bertz CT molecular complexity index is 1410. The van der Waals surface area contributed by atoms with Crippen LogP contribution in [-0.4, -0.2) is 46.7 Å². The first kappa shape index (κ1) is 25.8. The van der Waals surface area contributed by atoms with Gasteiger partial charge in [0.25, 0.3) is 0 Å². The second-order valence-corrected chi connectivity index (χ2v) is 6.73. The van der Waals surface area contributed by atoms with Crippen molar-refractivity contribution in [2.45, 2.75) is 27.2 Å². The number of aromatic nitrogens is 7. The number of rotatable bonds is 2. The Balaban J connectivity index is 0.000000201. The van der Waals surface area contributed by atoms with E-state index in [0.29, 0.717) is 5.15 Å². The lowest BCUT2D eigenvalue weighted by Gasteiger charge is -1.99. The average Bonchev–Trinajstić information content (AvgIpc) is 3.53. The molecular weight excluding hydrogens is 466 g/mol. The molecule has 0 aromatic carbocycles. The number of hydrogen-bond donors (Lipinski definition) is 0. The molecule has 5 aromatic rings. The molecule has 0 fully saturated rings. The van der Waals surface area contributed by atoms with Gasteiger partial charge in [-0.2, -0.15) is 29.4 Å². The average molecular weight is 484 g/mol. The second-order valence-electron chi connectivity index (χ2n) is 6.34. The van der Waals surface area contributed by atoms with E-state index in [2.05, 4.69) is 32.2 Å². The summed E-state index contributed by atoms with van der Waals surface area (Å²) >= 11 is 5.74. The Morgan fingerprint density at radius 1 is 0.971 bits per heavy atom. The molecule has 0 saturated carbocycles. The van der Waals surface area contributed by atoms with E-state index < -0.39 is 0 Å². The van der Waals surface area contributed by atoms with Crippen molar-refractivity contribution in [3.8, 4) is 11.3 Å². The molecule has 0 N–H and O–H groups in total. The molecule has 5 aromatic heterocycles. The van der Waals surface area contributed by atoms with Crippen molar-refractivity contribution in [2.75, 3.05) is 0 Å². The number of nitrogens with zero attached hydrogens (tertiary/aromatic N) is 7. The Hall–Kier alpha value is -4.50. The number of aryl methyl sites for hydroxylation is 3. The van der Waals surface area contributed by atoms with Gasteiger partial charge < -0.3 is 4.52 Å². The Morgan fingerprint density at radius 3 is 2.26 bits per heavy atom. The monoisotopic (exact) mass is 483 g/mol. The van der Waals surface area contributed by atoms with E-state index in [4.69, 9.17) is 35.3 Å². The van der Waals surface area contributed by atoms with Crippen LogP contribution in [-0.2, 0) is 25.6 Å². The normalized spacial score (nSPS) is 9.53. The van der Waals surface area contributed by atoms with Crippen LogP contribution < -0.4 is 0 Å². The number of fused-ring (bicyclic) bond motifs is 2. The molecule has 0 spiro atoms. The zero-order chi connectivity index (χ0) is 25.1. The van der Waals surface area contributed by atoms with Crippen LogP contribution in [0, 0.1) is 13.8 Å². The predicted octanol–water partition coefficient (Wildman–Crippen LogP) is 2.78. The second kappa shape index (κ2) is 12.5. The SMILES string of the molecule is CCc1cnc2ccc(Cl)nn12.Cc1noc(C)c1-c1ccc2nccn2n1.O=C=O.O=C=O. The predicted molar refractivity (Wildman–Crippen MR) is 115 cm³/mol. The highest BCUT2D eigenvalue weighted by Gasteiger charge is 2.13. The van der Waals surface area contributed by atoms with Crippen LogP contribution >= 0.6 is 11.6 Å². The van der Waals surface area contributed by atoms with E-state index in [0.717, 1.165) is 46.1 Å². The molecule has 5 heterocycles. The standard InChI is InChI=1S/C11H10N4O.C8H8ClN3.2CO2/c1-7-11(8(2)16-14-7)9-3-4-10-12-5-6-15(10)13-9;1-2-6-5-10-8-4-3-7(9)11-12(6)8;2*2-1-3/h3-6H,1-2H3;3-5H,2H2,1H3;;. The molecular formula is C21H18ClN7O5. The lowest BCUT2D eigenvalue weighted by atomic mass is 10.1. The van der Waals surface area contributed by atoms with E-state index in [1.165, 1.54) is 0 Å². The molecule has 0 aliphatic heterocycles. The van der Waals surface area contributed by atoms with Gasteiger partial charge in [0.05, 0.1) is 28.8 Å². The fraction of sp³-hybridized carbons (Fsp3) is 0.190. The molecule has 0 atom stereocenters. The molecule has 0 bridgehead atoms. The fourth-order valence-electron chi connectivity index (χ4n) is 2.94. The Labute approximate surface area is 197 Å². The highest BCUT2D eigenvalue weighted by molar-refractivity contribution is 6.29. The highest BCUT2D eigenvalue weighted by Crippen LogP contribution is 2.24. The Morgan fingerprint density at radius 2 is 1.65 bits per heavy atom. The summed E-state index contributed by atoms with van der Waals surface area (Å²) in [4.78, 5) is 40.8. The zero-order valence-corrected chi connectivity index (χ0v) is 19.1. The minimum absolute atomic E-state index is 0.250. The quantitative estimate of drug-likeness (QED) is 0.366. The van der Waals surface area contributed by atoms with Crippen LogP contribution in [0.1, 0.15) is 24.1 Å². The molecule has 174 valence electrons. The maximum Gasteiger partial charge on any atom is 0.373 e. The van der Waals surface area contributed by atoms with Crippen molar-refractivity contribution in [3.05, 3.63) is 65.2 Å². The molecule has 0 saturated heterocycles. The van der Waals surface area contributed by atoms with Crippen LogP contribution in [0.25, 0.3) is 22.6 Å². The smallest absolute Gasteiger partial charge is 0.361 e.